The van der Waals surface area contributed by atoms with Crippen LogP contribution in [0.3, 0.4) is 0 Å². The van der Waals surface area contributed by atoms with Gasteiger partial charge in [-0.2, -0.15) is 13.2 Å². The van der Waals surface area contributed by atoms with Gasteiger partial charge in [-0.1, -0.05) is 29.8 Å². The number of halogens is 3. The van der Waals surface area contributed by atoms with E-state index < -0.39 is 79.7 Å². The molecular formula is C49H64F3N9O10S2. The second-order valence-electron chi connectivity index (χ2n) is 16.2. The monoisotopic (exact) mass is 1060 g/mol. The van der Waals surface area contributed by atoms with Crippen LogP contribution in [0.1, 0.15) is 57.5 Å². The van der Waals surface area contributed by atoms with E-state index >= 15 is 0 Å². The largest absolute Gasteiger partial charge is 0.493 e. The molecule has 0 aliphatic carbocycles. The summed E-state index contributed by atoms with van der Waals surface area (Å²) >= 11 is 0. The number of hydrogen-bond acceptors (Lipinski definition) is 15. The quantitative estimate of drug-likeness (QED) is 0.0287. The molecule has 0 saturated carbocycles. The first-order chi connectivity index (χ1) is 34.6. The molecule has 398 valence electrons. The Morgan fingerprint density at radius 3 is 1.67 bits per heavy atom. The number of sulfone groups is 2. The molecule has 0 radical (unpaired) electrons. The van der Waals surface area contributed by atoms with Crippen LogP contribution in [0, 0.1) is 13.8 Å². The van der Waals surface area contributed by atoms with Gasteiger partial charge in [-0.05, 0) is 127 Å². The van der Waals surface area contributed by atoms with E-state index in [2.05, 4.69) is 46.6 Å². The lowest BCUT2D eigenvalue weighted by molar-refractivity contribution is -0.144. The standard InChI is InChI=1S/C27H40N4O8S2.C22H24F3N5O2/c1-5-30(6-2)24-13-9-22(10-14-24)28-26(32)38-17-19-40(34,35)21-41(36,37)20-18-39-27(33)29-23-11-15-25(16-12-23)31(7-3)8-4;1-14-9-10-18(15(2)13-14)32-12-6-5-11-26-21(31)30-29-19-16-7-3-4-8-17(16)27-20(28-19)22(23,24)25/h9-16H,5-8,17-21H2,1-4H3,(H,28,32)(H,29,33);3-4,7-10,13H,5-6,11-12H2,1-2H3,(H2,26,30,31)(H,27,28,29). The van der Waals surface area contributed by atoms with Crippen LogP contribution >= 0.6 is 0 Å². The van der Waals surface area contributed by atoms with Crippen molar-refractivity contribution >= 4 is 77.4 Å². The molecule has 0 aliphatic heterocycles. The summed E-state index contributed by atoms with van der Waals surface area (Å²) in [7, 11) is -8.20. The lowest BCUT2D eigenvalue weighted by Crippen LogP contribution is -2.39. The van der Waals surface area contributed by atoms with Gasteiger partial charge < -0.3 is 29.3 Å². The molecule has 5 N–H and O–H groups in total. The zero-order valence-corrected chi connectivity index (χ0v) is 43.3. The van der Waals surface area contributed by atoms with E-state index in [-0.39, 0.29) is 11.3 Å². The minimum absolute atomic E-state index is 0.114. The van der Waals surface area contributed by atoms with Gasteiger partial charge in [-0.3, -0.25) is 21.5 Å². The zero-order chi connectivity index (χ0) is 53.6. The SMILES string of the molecule is CCN(CC)c1ccc(NC(=O)OCCS(=O)(=O)CS(=O)(=O)CCOC(=O)Nc2ccc(N(CC)CC)cc2)cc1.Cc1ccc(OCCCCNC(=O)NNc2nc(C(F)(F)F)nc3ccccc23)c(C)c1. The number of nitrogens with zero attached hydrogens (tertiary/aromatic N) is 4. The maximum Gasteiger partial charge on any atom is 0.451 e. The predicted octanol–water partition coefficient (Wildman–Crippen LogP) is 8.71. The number of nitrogens with one attached hydrogen (secondary N) is 5. The number of amides is 4. The van der Waals surface area contributed by atoms with Crippen LogP contribution in [0.25, 0.3) is 10.9 Å². The molecule has 24 heteroatoms. The molecule has 0 fully saturated rings. The van der Waals surface area contributed by atoms with Crippen molar-refractivity contribution in [2.24, 2.45) is 0 Å². The molecular weight excluding hydrogens is 996 g/mol. The van der Waals surface area contributed by atoms with Gasteiger partial charge in [0.1, 0.15) is 19.0 Å². The van der Waals surface area contributed by atoms with E-state index in [1.165, 1.54) is 11.6 Å². The normalized spacial score (nSPS) is 11.4. The number of para-hydroxylation sites is 1. The summed E-state index contributed by atoms with van der Waals surface area (Å²) < 4.78 is 104. The Balaban J connectivity index is 0.000000326. The molecule has 19 nitrogen and oxygen atoms in total. The van der Waals surface area contributed by atoms with Gasteiger partial charge in [0.2, 0.25) is 5.82 Å². The van der Waals surface area contributed by atoms with Crippen molar-refractivity contribution in [3.63, 3.8) is 0 Å². The molecule has 4 amide bonds. The first-order valence-electron chi connectivity index (χ1n) is 23.5. The van der Waals surface area contributed by atoms with Crippen molar-refractivity contribution < 1.29 is 58.6 Å². The minimum Gasteiger partial charge on any atom is -0.493 e. The number of alkyl halides is 3. The van der Waals surface area contributed by atoms with Gasteiger partial charge in [0.15, 0.2) is 30.6 Å². The van der Waals surface area contributed by atoms with Gasteiger partial charge in [0, 0.05) is 60.9 Å². The average molecular weight is 1060 g/mol. The Kier molecular flexibility index (Phi) is 22.6. The number of fused-ring (bicyclic) bond motifs is 1. The number of anilines is 5. The first kappa shape index (κ1) is 58.5. The first-order valence-corrected chi connectivity index (χ1v) is 27.1. The number of ether oxygens (including phenoxy) is 3. The van der Waals surface area contributed by atoms with E-state index in [1.807, 2.05) is 84.0 Å². The van der Waals surface area contributed by atoms with Crippen LogP contribution in [0.15, 0.2) is 91.0 Å². The second-order valence-corrected chi connectivity index (χ2v) is 20.9. The van der Waals surface area contributed by atoms with Crippen molar-refractivity contribution in [1.82, 2.24) is 20.7 Å². The predicted molar refractivity (Wildman–Crippen MR) is 278 cm³/mol. The number of aryl methyl sites for hydroxylation is 2. The second kappa shape index (κ2) is 28.2. The molecule has 0 unspecified atom stereocenters. The molecule has 4 aromatic carbocycles. The summed E-state index contributed by atoms with van der Waals surface area (Å²) in [5.41, 5.74) is 10.0. The maximum absolute atomic E-state index is 13.0. The zero-order valence-electron chi connectivity index (χ0n) is 41.7. The summed E-state index contributed by atoms with van der Waals surface area (Å²) in [5.74, 6) is -1.94. The minimum atomic E-state index is -4.71. The number of hydrazine groups is 1. The van der Waals surface area contributed by atoms with Crippen molar-refractivity contribution in [3.05, 3.63) is 108 Å². The number of aromatic nitrogens is 2. The van der Waals surface area contributed by atoms with Gasteiger partial charge >= 0.3 is 24.4 Å². The van der Waals surface area contributed by atoms with Crippen LogP contribution in [0.4, 0.5) is 56.1 Å². The topological polar surface area (TPSA) is 240 Å². The van der Waals surface area contributed by atoms with Gasteiger partial charge in [0.25, 0.3) is 0 Å². The number of carbonyl (C=O) groups is 3. The number of unbranched alkanes of at least 4 members (excludes halogenated alkanes) is 1. The Morgan fingerprint density at radius 1 is 0.658 bits per heavy atom. The summed E-state index contributed by atoms with van der Waals surface area (Å²) in [6.45, 7) is 15.3. The van der Waals surface area contributed by atoms with Crippen LogP contribution in [-0.2, 0) is 35.3 Å². The third-order valence-corrected chi connectivity index (χ3v) is 15.1. The number of carbonyl (C=O) groups excluding carboxylic acids is 3. The van der Waals surface area contributed by atoms with Crippen LogP contribution < -0.4 is 41.3 Å². The van der Waals surface area contributed by atoms with Gasteiger partial charge in [0.05, 0.1) is 23.6 Å². The third kappa shape index (κ3) is 20.2. The molecule has 0 saturated heterocycles. The molecule has 5 aromatic rings. The number of rotatable bonds is 24. The molecule has 0 atom stereocenters. The number of benzene rings is 4. The van der Waals surface area contributed by atoms with Crippen molar-refractivity contribution in [1.29, 1.82) is 0 Å². The lowest BCUT2D eigenvalue weighted by Gasteiger charge is -2.21. The number of urea groups is 1. The highest BCUT2D eigenvalue weighted by atomic mass is 32.3. The van der Waals surface area contributed by atoms with Crippen molar-refractivity contribution in [3.8, 4) is 5.75 Å². The molecule has 0 aliphatic rings. The summed E-state index contributed by atoms with van der Waals surface area (Å²) in [5, 5.41) is 6.82. The van der Waals surface area contributed by atoms with E-state index in [9.17, 15) is 44.4 Å². The smallest absolute Gasteiger partial charge is 0.451 e. The molecule has 1 aromatic heterocycles. The highest BCUT2D eigenvalue weighted by Crippen LogP contribution is 2.30. The summed E-state index contributed by atoms with van der Waals surface area (Å²) in [6, 6.07) is 25.8. The van der Waals surface area contributed by atoms with Crippen molar-refractivity contribution in [2.45, 2.75) is 60.6 Å². The van der Waals surface area contributed by atoms with E-state index in [0.29, 0.717) is 36.3 Å². The average Bonchev–Trinajstić information content (AvgIpc) is 3.33. The molecule has 5 rings (SSSR count). The highest BCUT2D eigenvalue weighted by molar-refractivity contribution is 8.08. The Labute approximate surface area is 424 Å². The summed E-state index contributed by atoms with van der Waals surface area (Å²) in [4.78, 5) is 47.3. The third-order valence-electron chi connectivity index (χ3n) is 10.7. The molecule has 1 heterocycles. The fourth-order valence-electron chi connectivity index (χ4n) is 6.94. The summed E-state index contributed by atoms with van der Waals surface area (Å²) in [6.07, 6.45) is -5.02. The fraction of sp³-hybridized carbons (Fsp3) is 0.408. The van der Waals surface area contributed by atoms with Crippen molar-refractivity contribution in [2.75, 3.05) is 95.0 Å². The lowest BCUT2D eigenvalue weighted by atomic mass is 10.1. The van der Waals surface area contributed by atoms with Crippen LogP contribution in [0.5, 0.6) is 5.75 Å². The van der Waals surface area contributed by atoms with E-state index in [4.69, 9.17) is 14.2 Å². The fourth-order valence-corrected chi connectivity index (χ4v) is 10.7. The Hall–Kier alpha value is -7.08. The molecule has 0 bridgehead atoms. The Morgan fingerprint density at radius 2 is 1.18 bits per heavy atom. The van der Waals surface area contributed by atoms with E-state index in [1.54, 1.807) is 42.5 Å². The number of hydrogen-bond donors (Lipinski definition) is 5. The highest BCUT2D eigenvalue weighted by Gasteiger charge is 2.35. The Bertz CT molecular complexity index is 2700. The maximum atomic E-state index is 13.0. The van der Waals surface area contributed by atoms with Gasteiger partial charge in [-0.25, -0.2) is 41.2 Å². The van der Waals surface area contributed by atoms with Crippen LogP contribution in [0.2, 0.25) is 0 Å². The van der Waals surface area contributed by atoms with E-state index in [0.717, 1.165) is 55.3 Å². The molecule has 0 spiro atoms. The molecule has 73 heavy (non-hydrogen) atoms. The van der Waals surface area contributed by atoms with Crippen LogP contribution in [-0.4, -0.2) is 114 Å². The van der Waals surface area contributed by atoms with Gasteiger partial charge in [-0.15, -0.1) is 0 Å².